The van der Waals surface area contributed by atoms with Crippen molar-refractivity contribution < 1.29 is 13.3 Å². The lowest BCUT2D eigenvalue weighted by Crippen LogP contribution is -2.23. The second-order valence-corrected chi connectivity index (χ2v) is 7.07. The number of hydrogen-bond acceptors (Lipinski definition) is 5. The highest BCUT2D eigenvalue weighted by Gasteiger charge is 2.24. The molecule has 0 aliphatic carbocycles. The monoisotopic (exact) mass is 300 g/mol. The number of nitro groups is 1. The summed E-state index contributed by atoms with van der Waals surface area (Å²) in [4.78, 5) is 9.99. The molecular weight excluding hydrogens is 280 g/mol. The standard InChI is InChI=1S/C13H20N2O4S/c1-11(2)10-14-8-5-9-20(18,19)13-7-4-3-6-12(13)15(16)17/h3-4,6-7,11,14H,5,8-10H2,1-2H3. The van der Waals surface area contributed by atoms with E-state index < -0.39 is 14.8 Å². The Hall–Kier alpha value is -1.47. The van der Waals surface area contributed by atoms with Crippen LogP contribution >= 0.6 is 0 Å². The molecule has 1 aromatic carbocycles. The van der Waals surface area contributed by atoms with Crippen molar-refractivity contribution in [3.05, 3.63) is 34.4 Å². The molecule has 20 heavy (non-hydrogen) atoms. The van der Waals surface area contributed by atoms with Gasteiger partial charge in [-0.15, -0.1) is 0 Å². The summed E-state index contributed by atoms with van der Waals surface area (Å²) in [6, 6.07) is 5.46. The summed E-state index contributed by atoms with van der Waals surface area (Å²) in [7, 11) is -3.62. The van der Waals surface area contributed by atoms with Gasteiger partial charge in [-0.25, -0.2) is 8.42 Å². The van der Waals surface area contributed by atoms with Gasteiger partial charge in [-0.05, 0) is 31.5 Å². The van der Waals surface area contributed by atoms with Crippen LogP contribution in [0.25, 0.3) is 0 Å². The first-order valence-electron chi connectivity index (χ1n) is 6.51. The molecule has 0 unspecified atom stereocenters. The molecule has 0 aliphatic heterocycles. The lowest BCUT2D eigenvalue weighted by molar-refractivity contribution is -0.387. The molecule has 1 aromatic rings. The molecular formula is C13H20N2O4S. The van der Waals surface area contributed by atoms with Gasteiger partial charge in [0.15, 0.2) is 9.84 Å². The Morgan fingerprint density at radius 3 is 2.55 bits per heavy atom. The summed E-state index contributed by atoms with van der Waals surface area (Å²) in [6.07, 6.45) is 0.432. The quantitative estimate of drug-likeness (QED) is 0.450. The summed E-state index contributed by atoms with van der Waals surface area (Å²) in [5.74, 6) is 0.407. The van der Waals surface area contributed by atoms with Crippen LogP contribution in [-0.4, -0.2) is 32.2 Å². The molecule has 0 saturated heterocycles. The number of nitro benzene ring substituents is 1. The number of para-hydroxylation sites is 1. The van der Waals surface area contributed by atoms with Crippen LogP contribution in [0.15, 0.2) is 29.2 Å². The van der Waals surface area contributed by atoms with Gasteiger partial charge < -0.3 is 5.32 Å². The third-order valence-corrected chi connectivity index (χ3v) is 4.56. The van der Waals surface area contributed by atoms with Crippen LogP contribution in [0.1, 0.15) is 20.3 Å². The first-order chi connectivity index (χ1) is 9.34. The number of benzene rings is 1. The molecule has 6 nitrogen and oxygen atoms in total. The lowest BCUT2D eigenvalue weighted by atomic mass is 10.2. The number of nitrogens with one attached hydrogen (secondary N) is 1. The molecule has 0 aromatic heterocycles. The maximum atomic E-state index is 12.1. The van der Waals surface area contributed by atoms with E-state index in [9.17, 15) is 18.5 Å². The molecule has 0 radical (unpaired) electrons. The van der Waals surface area contributed by atoms with E-state index in [1.165, 1.54) is 24.3 Å². The summed E-state index contributed by atoms with van der Waals surface area (Å²) in [5, 5.41) is 14.0. The van der Waals surface area contributed by atoms with E-state index in [0.717, 1.165) is 6.54 Å². The average Bonchev–Trinajstić information content (AvgIpc) is 2.37. The molecule has 0 amide bonds. The number of sulfone groups is 1. The van der Waals surface area contributed by atoms with E-state index >= 15 is 0 Å². The molecule has 0 spiro atoms. The van der Waals surface area contributed by atoms with Gasteiger partial charge >= 0.3 is 0 Å². The average molecular weight is 300 g/mol. The van der Waals surface area contributed by atoms with Gasteiger partial charge in [0.2, 0.25) is 0 Å². The van der Waals surface area contributed by atoms with Crippen LogP contribution in [0.5, 0.6) is 0 Å². The van der Waals surface area contributed by atoms with Crippen LogP contribution in [0.4, 0.5) is 5.69 Å². The van der Waals surface area contributed by atoms with Gasteiger partial charge in [-0.1, -0.05) is 26.0 Å². The minimum absolute atomic E-state index is 0.0943. The smallest absolute Gasteiger partial charge is 0.287 e. The SMILES string of the molecule is CC(C)CNCCCS(=O)(=O)c1ccccc1[N+](=O)[O-]. The van der Waals surface area contributed by atoms with E-state index in [4.69, 9.17) is 0 Å². The zero-order valence-electron chi connectivity index (χ0n) is 11.7. The Kier molecular flexibility index (Phi) is 6.09. The number of hydrogen-bond donors (Lipinski definition) is 1. The Balaban J connectivity index is 2.68. The minimum Gasteiger partial charge on any atom is -0.316 e. The summed E-state index contributed by atoms with van der Waals surface area (Å²) >= 11 is 0. The van der Waals surface area contributed by atoms with Crippen LogP contribution in [-0.2, 0) is 9.84 Å². The fourth-order valence-corrected chi connectivity index (χ4v) is 3.25. The maximum absolute atomic E-state index is 12.1. The first-order valence-corrected chi connectivity index (χ1v) is 8.16. The second kappa shape index (κ2) is 7.35. The number of nitrogens with zero attached hydrogens (tertiary/aromatic N) is 1. The Morgan fingerprint density at radius 1 is 1.30 bits per heavy atom. The van der Waals surface area contributed by atoms with E-state index in [1.54, 1.807) is 0 Å². The maximum Gasteiger partial charge on any atom is 0.287 e. The molecule has 0 saturated carbocycles. The van der Waals surface area contributed by atoms with Crippen molar-refractivity contribution in [2.75, 3.05) is 18.8 Å². The van der Waals surface area contributed by atoms with E-state index in [0.29, 0.717) is 18.9 Å². The van der Waals surface area contributed by atoms with Gasteiger partial charge in [0.25, 0.3) is 5.69 Å². The van der Waals surface area contributed by atoms with Crippen molar-refractivity contribution in [1.82, 2.24) is 5.32 Å². The van der Waals surface area contributed by atoms with Gasteiger partial charge in [0, 0.05) is 6.07 Å². The third-order valence-electron chi connectivity index (χ3n) is 2.72. The summed E-state index contributed by atoms with van der Waals surface area (Å²) in [6.45, 7) is 5.54. The molecule has 0 aliphatic rings. The van der Waals surface area contributed by atoms with E-state index in [2.05, 4.69) is 19.2 Å². The molecule has 1 rings (SSSR count). The molecule has 1 N–H and O–H groups in total. The summed E-state index contributed by atoms with van der Waals surface area (Å²) < 4.78 is 24.2. The zero-order valence-corrected chi connectivity index (χ0v) is 12.5. The highest BCUT2D eigenvalue weighted by molar-refractivity contribution is 7.91. The van der Waals surface area contributed by atoms with Crippen molar-refractivity contribution in [1.29, 1.82) is 0 Å². The fourth-order valence-electron chi connectivity index (χ4n) is 1.76. The molecule has 0 fully saturated rings. The lowest BCUT2D eigenvalue weighted by Gasteiger charge is -2.08. The van der Waals surface area contributed by atoms with Crippen LogP contribution in [0, 0.1) is 16.0 Å². The first kappa shape index (κ1) is 16.6. The Labute approximate surface area is 119 Å². The predicted molar refractivity (Wildman–Crippen MR) is 77.5 cm³/mol. The summed E-state index contributed by atoms with van der Waals surface area (Å²) in [5.41, 5.74) is -0.359. The topological polar surface area (TPSA) is 89.3 Å². The third kappa shape index (κ3) is 4.90. The van der Waals surface area contributed by atoms with Crippen LogP contribution in [0.2, 0.25) is 0 Å². The molecule has 0 heterocycles. The van der Waals surface area contributed by atoms with Crippen LogP contribution < -0.4 is 5.32 Å². The molecule has 7 heteroatoms. The zero-order chi connectivity index (χ0) is 15.2. The highest BCUT2D eigenvalue weighted by Crippen LogP contribution is 2.24. The van der Waals surface area contributed by atoms with E-state index in [-0.39, 0.29) is 16.3 Å². The second-order valence-electron chi connectivity index (χ2n) is 5.00. The van der Waals surface area contributed by atoms with Crippen molar-refractivity contribution in [2.45, 2.75) is 25.2 Å². The van der Waals surface area contributed by atoms with Gasteiger partial charge in [0.1, 0.15) is 4.90 Å². The van der Waals surface area contributed by atoms with Gasteiger partial charge in [-0.2, -0.15) is 0 Å². The molecule has 0 atom stereocenters. The van der Waals surface area contributed by atoms with Gasteiger partial charge in [-0.3, -0.25) is 10.1 Å². The van der Waals surface area contributed by atoms with E-state index in [1.807, 2.05) is 0 Å². The van der Waals surface area contributed by atoms with Crippen molar-refractivity contribution in [2.24, 2.45) is 5.92 Å². The van der Waals surface area contributed by atoms with Crippen molar-refractivity contribution in [3.63, 3.8) is 0 Å². The predicted octanol–water partition coefficient (Wildman–Crippen LogP) is 2.00. The van der Waals surface area contributed by atoms with Gasteiger partial charge in [0.05, 0.1) is 10.7 Å². The molecule has 0 bridgehead atoms. The Morgan fingerprint density at radius 2 is 1.95 bits per heavy atom. The van der Waals surface area contributed by atoms with Crippen molar-refractivity contribution >= 4 is 15.5 Å². The largest absolute Gasteiger partial charge is 0.316 e. The number of rotatable bonds is 8. The fraction of sp³-hybridized carbons (Fsp3) is 0.538. The Bertz CT molecular complexity index is 555. The highest BCUT2D eigenvalue weighted by atomic mass is 32.2. The normalized spacial score (nSPS) is 11.8. The minimum atomic E-state index is -3.62. The van der Waals surface area contributed by atoms with Crippen molar-refractivity contribution in [3.8, 4) is 0 Å². The molecule has 112 valence electrons. The van der Waals surface area contributed by atoms with Crippen LogP contribution in [0.3, 0.4) is 0 Å².